The Morgan fingerprint density at radius 2 is 1.59 bits per heavy atom. The fourth-order valence-electron chi connectivity index (χ4n) is 1.84. The molecule has 0 fully saturated rings. The first-order chi connectivity index (χ1) is 8.33. The van der Waals surface area contributed by atoms with Crippen LogP contribution in [-0.4, -0.2) is 11.7 Å². The van der Waals surface area contributed by atoms with Gasteiger partial charge < -0.3 is 0 Å². The summed E-state index contributed by atoms with van der Waals surface area (Å²) in [5, 5.41) is 0. The molecule has 0 amide bonds. The number of aryl methyl sites for hydroxylation is 1. The van der Waals surface area contributed by atoms with Gasteiger partial charge in [0.05, 0.1) is 0 Å². The van der Waals surface area contributed by atoms with Crippen molar-refractivity contribution in [3.05, 3.63) is 35.9 Å². The van der Waals surface area contributed by atoms with Crippen molar-refractivity contribution in [3.63, 3.8) is 0 Å². The van der Waals surface area contributed by atoms with Crippen molar-refractivity contribution in [2.75, 3.05) is 5.88 Å². The second-order valence-corrected chi connectivity index (χ2v) is 4.76. The molecule has 1 nitrogen and oxygen atoms in total. The zero-order valence-electron chi connectivity index (χ0n) is 10.3. The maximum absolute atomic E-state index is 11.5. The van der Waals surface area contributed by atoms with E-state index >= 15 is 0 Å². The number of hydrogen-bond acceptors (Lipinski definition) is 1. The van der Waals surface area contributed by atoms with Gasteiger partial charge in [0.1, 0.15) is 5.78 Å². The minimum atomic E-state index is 0.392. The summed E-state index contributed by atoms with van der Waals surface area (Å²) in [5.74, 6) is 1.06. The average Bonchev–Trinajstić information content (AvgIpc) is 2.36. The Bertz CT molecular complexity index is 308. The first kappa shape index (κ1) is 14.2. The third kappa shape index (κ3) is 7.17. The van der Waals surface area contributed by atoms with E-state index in [2.05, 4.69) is 24.3 Å². The quantitative estimate of drug-likeness (QED) is 0.471. The second kappa shape index (κ2) is 9.23. The number of ketones is 1. The SMILES string of the molecule is O=C(CCCCCl)CCCCc1ccccc1. The summed E-state index contributed by atoms with van der Waals surface area (Å²) in [5.41, 5.74) is 1.36. The highest BCUT2D eigenvalue weighted by Crippen LogP contribution is 2.08. The van der Waals surface area contributed by atoms with E-state index in [1.165, 1.54) is 5.56 Å². The summed E-state index contributed by atoms with van der Waals surface area (Å²) in [6.07, 6.45) is 6.53. The van der Waals surface area contributed by atoms with Gasteiger partial charge >= 0.3 is 0 Å². The summed E-state index contributed by atoms with van der Waals surface area (Å²) >= 11 is 5.57. The number of rotatable bonds is 9. The molecule has 0 aliphatic rings. The molecule has 1 aromatic carbocycles. The Morgan fingerprint density at radius 3 is 2.24 bits per heavy atom. The molecule has 1 aromatic rings. The number of alkyl halides is 1. The normalized spacial score (nSPS) is 10.4. The number of hydrogen-bond donors (Lipinski definition) is 0. The molecule has 0 heterocycles. The molecule has 2 heteroatoms. The topological polar surface area (TPSA) is 17.1 Å². The van der Waals surface area contributed by atoms with E-state index in [1.54, 1.807) is 0 Å². The molecule has 0 saturated heterocycles. The van der Waals surface area contributed by atoms with Gasteiger partial charge in [0, 0.05) is 18.7 Å². The van der Waals surface area contributed by atoms with Crippen molar-refractivity contribution in [3.8, 4) is 0 Å². The Balaban J connectivity index is 2.02. The number of Topliss-reactive ketones (excluding diaryl/α,β-unsaturated/α-hetero) is 1. The molecule has 0 aliphatic carbocycles. The maximum Gasteiger partial charge on any atom is 0.132 e. The molecule has 0 aliphatic heterocycles. The molecule has 0 radical (unpaired) electrons. The predicted octanol–water partition coefficient (Wildman–Crippen LogP) is 4.38. The van der Waals surface area contributed by atoms with Crippen LogP contribution in [0.2, 0.25) is 0 Å². The molecule has 94 valence electrons. The second-order valence-electron chi connectivity index (χ2n) is 4.38. The summed E-state index contributed by atoms with van der Waals surface area (Å²) in [4.78, 5) is 11.5. The van der Waals surface area contributed by atoms with E-state index in [0.29, 0.717) is 18.1 Å². The first-order valence-corrected chi connectivity index (χ1v) is 6.98. The molecule has 0 unspecified atom stereocenters. The van der Waals surface area contributed by atoms with Crippen molar-refractivity contribution in [1.82, 2.24) is 0 Å². The minimum Gasteiger partial charge on any atom is -0.300 e. The van der Waals surface area contributed by atoms with Gasteiger partial charge in [0.15, 0.2) is 0 Å². The van der Waals surface area contributed by atoms with Crippen molar-refractivity contribution in [1.29, 1.82) is 0 Å². The fraction of sp³-hybridized carbons (Fsp3) is 0.533. The Kier molecular flexibility index (Phi) is 7.74. The summed E-state index contributed by atoms with van der Waals surface area (Å²) in [6, 6.07) is 10.4. The predicted molar refractivity (Wildman–Crippen MR) is 73.6 cm³/mol. The lowest BCUT2D eigenvalue weighted by Gasteiger charge is -2.01. The molecule has 17 heavy (non-hydrogen) atoms. The van der Waals surface area contributed by atoms with Crippen LogP contribution in [0, 0.1) is 0 Å². The van der Waals surface area contributed by atoms with Gasteiger partial charge in [-0.2, -0.15) is 0 Å². The van der Waals surface area contributed by atoms with E-state index in [9.17, 15) is 4.79 Å². The summed E-state index contributed by atoms with van der Waals surface area (Å²) in [6.45, 7) is 0. The molecule has 1 rings (SSSR count). The zero-order chi connectivity index (χ0) is 12.3. The fourth-order valence-corrected chi connectivity index (χ4v) is 2.03. The van der Waals surface area contributed by atoms with E-state index in [4.69, 9.17) is 11.6 Å². The van der Waals surface area contributed by atoms with Gasteiger partial charge in [-0.25, -0.2) is 0 Å². The first-order valence-electron chi connectivity index (χ1n) is 6.44. The van der Waals surface area contributed by atoms with Crippen molar-refractivity contribution in [2.45, 2.75) is 44.9 Å². The molecule has 0 aromatic heterocycles. The van der Waals surface area contributed by atoms with Crippen LogP contribution in [0.15, 0.2) is 30.3 Å². The maximum atomic E-state index is 11.5. The number of carbonyl (C=O) groups excluding carboxylic acids is 1. The smallest absolute Gasteiger partial charge is 0.132 e. The van der Waals surface area contributed by atoms with Crippen LogP contribution in [0.4, 0.5) is 0 Å². The zero-order valence-corrected chi connectivity index (χ0v) is 11.1. The van der Waals surface area contributed by atoms with Gasteiger partial charge in [-0.1, -0.05) is 30.3 Å². The van der Waals surface area contributed by atoms with Crippen molar-refractivity contribution in [2.24, 2.45) is 0 Å². The van der Waals surface area contributed by atoms with Gasteiger partial charge in [-0.05, 0) is 37.7 Å². The molecule has 0 spiro atoms. The monoisotopic (exact) mass is 252 g/mol. The third-order valence-electron chi connectivity index (χ3n) is 2.85. The van der Waals surface area contributed by atoms with E-state index < -0.39 is 0 Å². The Morgan fingerprint density at radius 1 is 0.941 bits per heavy atom. The molecular formula is C15H21ClO. The van der Waals surface area contributed by atoms with Crippen LogP contribution in [0.25, 0.3) is 0 Å². The lowest BCUT2D eigenvalue weighted by Crippen LogP contribution is -1.98. The van der Waals surface area contributed by atoms with Crippen LogP contribution in [0.5, 0.6) is 0 Å². The molecular weight excluding hydrogens is 232 g/mol. The van der Waals surface area contributed by atoms with Gasteiger partial charge in [0.2, 0.25) is 0 Å². The van der Waals surface area contributed by atoms with Crippen LogP contribution in [0.3, 0.4) is 0 Å². The lowest BCUT2D eigenvalue weighted by molar-refractivity contribution is -0.119. The molecule has 0 N–H and O–H groups in total. The average molecular weight is 253 g/mol. The van der Waals surface area contributed by atoms with Crippen LogP contribution in [-0.2, 0) is 11.2 Å². The summed E-state index contributed by atoms with van der Waals surface area (Å²) < 4.78 is 0. The molecule has 0 saturated carbocycles. The Labute approximate surface area is 109 Å². The third-order valence-corrected chi connectivity index (χ3v) is 3.12. The molecule has 0 atom stereocenters. The highest BCUT2D eigenvalue weighted by atomic mass is 35.5. The van der Waals surface area contributed by atoms with E-state index in [-0.39, 0.29) is 0 Å². The molecule has 0 bridgehead atoms. The van der Waals surface area contributed by atoms with Gasteiger partial charge in [-0.15, -0.1) is 11.6 Å². The van der Waals surface area contributed by atoms with Crippen molar-refractivity contribution < 1.29 is 4.79 Å². The van der Waals surface area contributed by atoms with Crippen LogP contribution < -0.4 is 0 Å². The van der Waals surface area contributed by atoms with Gasteiger partial charge in [-0.3, -0.25) is 4.79 Å². The van der Waals surface area contributed by atoms with Gasteiger partial charge in [0.25, 0.3) is 0 Å². The van der Waals surface area contributed by atoms with Crippen LogP contribution >= 0.6 is 11.6 Å². The summed E-state index contributed by atoms with van der Waals surface area (Å²) in [7, 11) is 0. The number of carbonyl (C=O) groups is 1. The van der Waals surface area contributed by atoms with E-state index in [1.807, 2.05) is 6.07 Å². The number of unbranched alkanes of at least 4 members (excludes halogenated alkanes) is 2. The standard InChI is InChI=1S/C15H21ClO/c16-13-7-6-12-15(17)11-5-4-10-14-8-2-1-3-9-14/h1-3,8-9H,4-7,10-13H2. The van der Waals surface area contributed by atoms with Crippen molar-refractivity contribution >= 4 is 17.4 Å². The van der Waals surface area contributed by atoms with E-state index in [0.717, 1.165) is 38.5 Å². The highest BCUT2D eigenvalue weighted by Gasteiger charge is 2.01. The van der Waals surface area contributed by atoms with Crippen LogP contribution in [0.1, 0.15) is 44.1 Å². The minimum absolute atomic E-state index is 0.392. The largest absolute Gasteiger partial charge is 0.300 e. The highest BCUT2D eigenvalue weighted by molar-refractivity contribution is 6.17. The Hall–Kier alpha value is -0.820. The number of benzene rings is 1. The lowest BCUT2D eigenvalue weighted by atomic mass is 10.0. The number of halogens is 1.